The molecule has 0 unspecified atom stereocenters. The second-order valence-electron chi connectivity index (χ2n) is 5.60. The summed E-state index contributed by atoms with van der Waals surface area (Å²) in [5.74, 6) is 0.661. The molecule has 19 heavy (non-hydrogen) atoms. The van der Waals surface area contributed by atoms with Gasteiger partial charge < -0.3 is 20.1 Å². The minimum atomic E-state index is -0.186. The molecular weight excluding hydrogens is 244 g/mol. The summed E-state index contributed by atoms with van der Waals surface area (Å²) < 4.78 is 5.37. The smallest absolute Gasteiger partial charge is 0.264 e. The number of hydrogen-bond acceptors (Lipinski definition) is 4. The quantitative estimate of drug-likeness (QED) is 0.864. The van der Waals surface area contributed by atoms with Crippen LogP contribution in [0.5, 0.6) is 5.75 Å². The number of nitrogens with one attached hydrogen (secondary N) is 1. The van der Waals surface area contributed by atoms with Crippen molar-refractivity contribution >= 4 is 17.3 Å². The van der Waals surface area contributed by atoms with Crippen molar-refractivity contribution in [2.45, 2.75) is 13.8 Å². The molecule has 0 fully saturated rings. The maximum atomic E-state index is 11.6. The van der Waals surface area contributed by atoms with E-state index in [1.807, 2.05) is 32.0 Å². The summed E-state index contributed by atoms with van der Waals surface area (Å²) >= 11 is 0. The van der Waals surface area contributed by atoms with Gasteiger partial charge in [-0.25, -0.2) is 0 Å². The van der Waals surface area contributed by atoms with Crippen LogP contribution in [0.25, 0.3) is 0 Å². The highest BCUT2D eigenvalue weighted by Gasteiger charge is 2.22. The first-order valence-corrected chi connectivity index (χ1v) is 6.31. The molecule has 2 N–H and O–H groups in total. The lowest BCUT2D eigenvalue weighted by molar-refractivity contribution is -0.120. The zero-order valence-corrected chi connectivity index (χ0v) is 11.6. The van der Waals surface area contributed by atoms with E-state index in [1.54, 1.807) is 11.9 Å². The summed E-state index contributed by atoms with van der Waals surface area (Å²) in [6.45, 7) is 4.83. The van der Waals surface area contributed by atoms with Crippen LogP contribution in [0.2, 0.25) is 0 Å². The molecule has 1 amide bonds. The number of aliphatic hydroxyl groups is 1. The first-order valence-electron chi connectivity index (χ1n) is 6.31. The van der Waals surface area contributed by atoms with Gasteiger partial charge in [0.25, 0.3) is 5.91 Å². The predicted octanol–water partition coefficient (Wildman–Crippen LogP) is 1.47. The number of ether oxygens (including phenoxy) is 1. The Morgan fingerprint density at radius 1 is 1.47 bits per heavy atom. The first kappa shape index (κ1) is 13.7. The molecule has 104 valence electrons. The Morgan fingerprint density at radius 3 is 2.89 bits per heavy atom. The largest absolute Gasteiger partial charge is 0.482 e. The molecule has 2 rings (SSSR count). The number of amides is 1. The Balaban J connectivity index is 2.14. The van der Waals surface area contributed by atoms with Crippen LogP contribution < -0.4 is 15.0 Å². The topological polar surface area (TPSA) is 61.8 Å². The van der Waals surface area contributed by atoms with Crippen LogP contribution in [0.15, 0.2) is 18.2 Å². The van der Waals surface area contributed by atoms with Crippen molar-refractivity contribution in [3.8, 4) is 5.75 Å². The van der Waals surface area contributed by atoms with E-state index in [0.717, 1.165) is 11.4 Å². The molecule has 1 aliphatic heterocycles. The Kier molecular flexibility index (Phi) is 3.66. The highest BCUT2D eigenvalue weighted by Crippen LogP contribution is 2.33. The van der Waals surface area contributed by atoms with E-state index in [9.17, 15) is 9.90 Å². The Labute approximate surface area is 113 Å². The molecule has 0 bridgehead atoms. The second-order valence-corrected chi connectivity index (χ2v) is 5.60. The number of benzene rings is 1. The number of fused-ring (bicyclic) bond motifs is 1. The summed E-state index contributed by atoms with van der Waals surface area (Å²) in [6.07, 6.45) is 0. The van der Waals surface area contributed by atoms with Crippen LogP contribution in [-0.2, 0) is 4.79 Å². The molecule has 0 aliphatic carbocycles. The van der Waals surface area contributed by atoms with E-state index in [-0.39, 0.29) is 24.5 Å². The van der Waals surface area contributed by atoms with Crippen LogP contribution >= 0.6 is 0 Å². The third-order valence-corrected chi connectivity index (χ3v) is 3.24. The third-order valence-electron chi connectivity index (χ3n) is 3.24. The monoisotopic (exact) mass is 264 g/mol. The van der Waals surface area contributed by atoms with Crippen molar-refractivity contribution in [1.29, 1.82) is 0 Å². The highest BCUT2D eigenvalue weighted by atomic mass is 16.5. The fraction of sp³-hybridized carbons (Fsp3) is 0.500. The Morgan fingerprint density at radius 2 is 2.21 bits per heavy atom. The molecule has 0 radical (unpaired) electrons. The first-order chi connectivity index (χ1) is 8.93. The molecule has 0 atom stereocenters. The van der Waals surface area contributed by atoms with Crippen molar-refractivity contribution < 1.29 is 14.6 Å². The molecule has 5 heteroatoms. The molecule has 1 heterocycles. The maximum absolute atomic E-state index is 11.6. The SMILES string of the molecule is CN1C(=O)COc2ccc(NCC(C)(C)CO)cc21. The zero-order chi connectivity index (χ0) is 14.0. The summed E-state index contributed by atoms with van der Waals surface area (Å²) in [5.41, 5.74) is 1.49. The van der Waals surface area contributed by atoms with Crippen LogP contribution in [0.3, 0.4) is 0 Å². The number of anilines is 2. The number of rotatable bonds is 4. The van der Waals surface area contributed by atoms with Crippen LogP contribution in [-0.4, -0.2) is 37.8 Å². The Bertz CT molecular complexity index is 486. The molecule has 1 aliphatic rings. The Hall–Kier alpha value is -1.75. The fourth-order valence-corrected chi connectivity index (χ4v) is 1.78. The molecule has 0 saturated carbocycles. The van der Waals surface area contributed by atoms with Gasteiger partial charge in [0, 0.05) is 31.3 Å². The van der Waals surface area contributed by atoms with Gasteiger partial charge in [-0.2, -0.15) is 0 Å². The summed E-state index contributed by atoms with van der Waals surface area (Å²) in [4.78, 5) is 13.2. The minimum Gasteiger partial charge on any atom is -0.482 e. The lowest BCUT2D eigenvalue weighted by Gasteiger charge is -2.27. The van der Waals surface area contributed by atoms with Gasteiger partial charge in [-0.1, -0.05) is 13.8 Å². The van der Waals surface area contributed by atoms with E-state index in [2.05, 4.69) is 5.32 Å². The molecule has 0 aromatic heterocycles. The normalized spacial score (nSPS) is 14.9. The van der Waals surface area contributed by atoms with Gasteiger partial charge in [-0.05, 0) is 18.2 Å². The van der Waals surface area contributed by atoms with Crippen LogP contribution in [0.4, 0.5) is 11.4 Å². The van der Waals surface area contributed by atoms with Gasteiger partial charge in [0.1, 0.15) is 5.75 Å². The van der Waals surface area contributed by atoms with Gasteiger partial charge >= 0.3 is 0 Å². The number of carbonyl (C=O) groups is 1. The van der Waals surface area contributed by atoms with E-state index >= 15 is 0 Å². The van der Waals surface area contributed by atoms with Gasteiger partial charge in [0.2, 0.25) is 0 Å². The molecule has 0 saturated heterocycles. The maximum Gasteiger partial charge on any atom is 0.264 e. The number of likely N-dealkylation sites (N-methyl/N-ethyl adjacent to an activating group) is 1. The van der Waals surface area contributed by atoms with Gasteiger partial charge in [0.05, 0.1) is 5.69 Å². The highest BCUT2D eigenvalue weighted by molar-refractivity contribution is 5.97. The molecular formula is C14H20N2O3. The van der Waals surface area contributed by atoms with Crippen LogP contribution in [0, 0.1) is 5.41 Å². The van der Waals surface area contributed by atoms with Crippen molar-refractivity contribution in [3.05, 3.63) is 18.2 Å². The van der Waals surface area contributed by atoms with E-state index in [1.165, 1.54) is 0 Å². The van der Waals surface area contributed by atoms with Crippen molar-refractivity contribution in [3.63, 3.8) is 0 Å². The molecule has 1 aromatic carbocycles. The third kappa shape index (κ3) is 2.98. The number of carbonyl (C=O) groups excluding carboxylic acids is 1. The predicted molar refractivity (Wildman–Crippen MR) is 74.7 cm³/mol. The molecule has 1 aromatic rings. The molecule has 5 nitrogen and oxygen atoms in total. The average molecular weight is 264 g/mol. The van der Waals surface area contributed by atoms with Gasteiger partial charge in [-0.3, -0.25) is 4.79 Å². The minimum absolute atomic E-state index is 0.0552. The molecule has 0 spiro atoms. The second kappa shape index (κ2) is 5.09. The summed E-state index contributed by atoms with van der Waals surface area (Å²) in [7, 11) is 1.74. The number of hydrogen-bond donors (Lipinski definition) is 2. The van der Waals surface area contributed by atoms with E-state index in [4.69, 9.17) is 4.74 Å². The number of nitrogens with zero attached hydrogens (tertiary/aromatic N) is 1. The van der Waals surface area contributed by atoms with Crippen LogP contribution in [0.1, 0.15) is 13.8 Å². The summed E-state index contributed by atoms with van der Waals surface area (Å²) in [6, 6.07) is 5.66. The standard InChI is InChI=1S/C14H20N2O3/c1-14(2,9-17)8-15-10-4-5-12-11(6-10)16(3)13(18)7-19-12/h4-6,15,17H,7-9H2,1-3H3. The number of aliphatic hydroxyl groups excluding tert-OH is 1. The summed E-state index contributed by atoms with van der Waals surface area (Å²) in [5, 5.41) is 12.5. The van der Waals surface area contributed by atoms with Crippen molar-refractivity contribution in [1.82, 2.24) is 0 Å². The van der Waals surface area contributed by atoms with Crippen molar-refractivity contribution in [2.75, 3.05) is 37.0 Å². The van der Waals surface area contributed by atoms with Gasteiger partial charge in [-0.15, -0.1) is 0 Å². The average Bonchev–Trinajstić information content (AvgIpc) is 2.41. The fourth-order valence-electron chi connectivity index (χ4n) is 1.78. The van der Waals surface area contributed by atoms with E-state index in [0.29, 0.717) is 12.3 Å². The lowest BCUT2D eigenvalue weighted by atomic mass is 9.95. The zero-order valence-electron chi connectivity index (χ0n) is 11.6. The lowest BCUT2D eigenvalue weighted by Crippen LogP contribution is -2.35. The van der Waals surface area contributed by atoms with E-state index < -0.39 is 0 Å². The van der Waals surface area contributed by atoms with Crippen molar-refractivity contribution in [2.24, 2.45) is 5.41 Å². The van der Waals surface area contributed by atoms with Gasteiger partial charge in [0.15, 0.2) is 6.61 Å².